The number of carbonyl (C=O) groups excluding carboxylic acids is 2. The van der Waals surface area contributed by atoms with Crippen molar-refractivity contribution in [3.05, 3.63) is 167 Å². The van der Waals surface area contributed by atoms with Gasteiger partial charge in [0.15, 0.2) is 12.6 Å². The molecule has 0 bridgehead atoms. The van der Waals surface area contributed by atoms with Crippen LogP contribution in [0.25, 0.3) is 0 Å². The molecule has 5 aromatic carbocycles. The number of methoxy groups -OCH3 is 2. The third-order valence-electron chi connectivity index (χ3n) is 16.2. The first kappa shape index (κ1) is 67.7. The molecule has 0 saturated carbocycles. The van der Waals surface area contributed by atoms with Crippen molar-refractivity contribution in [2.24, 2.45) is 23.7 Å². The molecule has 2 fully saturated rings. The van der Waals surface area contributed by atoms with Gasteiger partial charge in [0.05, 0.1) is 64.3 Å². The summed E-state index contributed by atoms with van der Waals surface area (Å²) in [7, 11) is 1.97. The lowest BCUT2D eigenvalue weighted by atomic mass is 9.80. The molecule has 11 unspecified atom stereocenters. The molecule has 16 nitrogen and oxygen atoms in total. The number of nitriles is 1. The molecule has 2 saturated heterocycles. The van der Waals surface area contributed by atoms with Crippen molar-refractivity contribution in [2.45, 2.75) is 149 Å². The smallest absolute Gasteiger partial charge is 0.338 e. The maximum atomic E-state index is 13.8. The molecule has 17 heteroatoms. The monoisotopic (exact) mass is 1200 g/mol. The van der Waals surface area contributed by atoms with E-state index in [0.29, 0.717) is 63.4 Å². The molecule has 0 radical (unpaired) electrons. The van der Waals surface area contributed by atoms with Gasteiger partial charge in [0.25, 0.3) is 8.53 Å². The topological polar surface area (TPSA) is 172 Å². The molecular formula is C69H91N2O14P. The Hall–Kier alpha value is -5.80. The summed E-state index contributed by atoms with van der Waals surface area (Å²) in [5, 5.41) is 9.13. The number of ether oxygens (including phenoxy) is 10. The second-order valence-electron chi connectivity index (χ2n) is 22.8. The Morgan fingerprint density at radius 2 is 0.977 bits per heavy atom. The SMILES string of the molecule is COc1ccc(C(OCCCCCOC2OC(COC3OC(COCCCCOP(OCCC#N)N(C(C)C)C(C)C)C(OC(=O)c4ccccc4)C(C)C3C)C(OC(=O)c3ccccc3)C(C)C2C)(c2ccccc2)c2ccc(OC)cc2)cc1. The Morgan fingerprint density at radius 1 is 0.535 bits per heavy atom. The first-order valence-corrected chi connectivity index (χ1v) is 31.7. The van der Waals surface area contributed by atoms with Gasteiger partial charge in [-0.15, -0.1) is 0 Å². The fraction of sp³-hybridized carbons (Fsp3) is 0.522. The van der Waals surface area contributed by atoms with Gasteiger partial charge in [-0.1, -0.05) is 119 Å². The number of rotatable bonds is 34. The Labute approximate surface area is 511 Å². The van der Waals surface area contributed by atoms with Gasteiger partial charge in [-0.3, -0.25) is 0 Å². The van der Waals surface area contributed by atoms with Crippen LogP contribution in [0.5, 0.6) is 11.5 Å². The van der Waals surface area contributed by atoms with E-state index < -0.39 is 63.1 Å². The highest BCUT2D eigenvalue weighted by Crippen LogP contribution is 2.47. The molecule has 0 spiro atoms. The molecule has 7 rings (SSSR count). The number of hydrogen-bond acceptors (Lipinski definition) is 16. The van der Waals surface area contributed by atoms with Crippen LogP contribution in [0.4, 0.5) is 0 Å². The number of hydrogen-bond donors (Lipinski definition) is 0. The van der Waals surface area contributed by atoms with Crippen molar-refractivity contribution in [2.75, 3.05) is 60.5 Å². The second kappa shape index (κ2) is 34.7. The lowest BCUT2D eigenvalue weighted by molar-refractivity contribution is -0.304. The molecule has 2 aliphatic heterocycles. The van der Waals surface area contributed by atoms with Crippen LogP contribution in [0, 0.1) is 35.0 Å². The van der Waals surface area contributed by atoms with E-state index in [2.05, 4.69) is 88.7 Å². The van der Waals surface area contributed by atoms with Gasteiger partial charge in [0.1, 0.15) is 41.5 Å². The van der Waals surface area contributed by atoms with E-state index in [4.69, 9.17) is 61.7 Å². The van der Waals surface area contributed by atoms with Crippen LogP contribution >= 0.6 is 8.53 Å². The molecule has 0 amide bonds. The van der Waals surface area contributed by atoms with Crippen LogP contribution < -0.4 is 9.47 Å². The van der Waals surface area contributed by atoms with Crippen molar-refractivity contribution in [3.63, 3.8) is 0 Å². The van der Waals surface area contributed by atoms with Gasteiger partial charge < -0.3 is 56.4 Å². The van der Waals surface area contributed by atoms with Gasteiger partial charge in [-0.2, -0.15) is 5.26 Å². The summed E-state index contributed by atoms with van der Waals surface area (Å²) in [6.07, 6.45) is -0.0991. The lowest BCUT2D eigenvalue weighted by Gasteiger charge is -2.46. The van der Waals surface area contributed by atoms with E-state index in [1.54, 1.807) is 50.6 Å². The van der Waals surface area contributed by atoms with E-state index in [-0.39, 0.29) is 49.0 Å². The predicted molar refractivity (Wildman–Crippen MR) is 331 cm³/mol. The lowest BCUT2D eigenvalue weighted by Crippen LogP contribution is -2.56. The van der Waals surface area contributed by atoms with Crippen molar-refractivity contribution in [1.29, 1.82) is 5.26 Å². The van der Waals surface area contributed by atoms with Gasteiger partial charge in [-0.05, 0) is 125 Å². The van der Waals surface area contributed by atoms with Gasteiger partial charge >= 0.3 is 11.9 Å². The molecule has 5 aromatic rings. The third-order valence-corrected chi connectivity index (χ3v) is 18.3. The fourth-order valence-corrected chi connectivity index (χ4v) is 12.7. The normalized spacial score (nSPS) is 22.7. The zero-order valence-electron chi connectivity index (χ0n) is 52.0. The van der Waals surface area contributed by atoms with Gasteiger partial charge in [0, 0.05) is 55.6 Å². The van der Waals surface area contributed by atoms with Crippen LogP contribution in [0.15, 0.2) is 140 Å². The number of carbonyl (C=O) groups is 2. The van der Waals surface area contributed by atoms with Crippen LogP contribution in [0.2, 0.25) is 0 Å². The van der Waals surface area contributed by atoms with Crippen LogP contribution in [-0.4, -0.2) is 126 Å². The molecule has 2 aliphatic rings. The van der Waals surface area contributed by atoms with E-state index in [9.17, 15) is 9.59 Å². The van der Waals surface area contributed by atoms with Crippen LogP contribution in [0.1, 0.15) is 131 Å². The van der Waals surface area contributed by atoms with E-state index in [0.717, 1.165) is 47.5 Å². The molecule has 2 heterocycles. The summed E-state index contributed by atoms with van der Waals surface area (Å²) in [4.78, 5) is 27.4. The molecule has 0 aromatic heterocycles. The quantitative estimate of drug-likeness (QED) is 0.0165. The van der Waals surface area contributed by atoms with Crippen LogP contribution in [-0.2, 0) is 52.5 Å². The first-order chi connectivity index (χ1) is 41.7. The minimum Gasteiger partial charge on any atom is -0.497 e. The molecular weight excluding hydrogens is 1110 g/mol. The zero-order chi connectivity index (χ0) is 61.4. The maximum Gasteiger partial charge on any atom is 0.338 e. The van der Waals surface area contributed by atoms with E-state index in [1.807, 2.05) is 80.6 Å². The summed E-state index contributed by atoms with van der Waals surface area (Å²) >= 11 is 0. The van der Waals surface area contributed by atoms with Crippen molar-refractivity contribution < 1.29 is 66.0 Å². The average Bonchev–Trinajstić information content (AvgIpc) is 1.24. The van der Waals surface area contributed by atoms with Crippen molar-refractivity contribution >= 4 is 20.5 Å². The van der Waals surface area contributed by atoms with Gasteiger partial charge in [-0.25, -0.2) is 14.3 Å². The fourth-order valence-electron chi connectivity index (χ4n) is 11.1. The second-order valence-corrected chi connectivity index (χ2v) is 24.2. The minimum atomic E-state index is -1.35. The molecule has 0 N–H and O–H groups in total. The zero-order valence-corrected chi connectivity index (χ0v) is 52.9. The summed E-state index contributed by atoms with van der Waals surface area (Å²) in [6, 6.07) is 46.8. The van der Waals surface area contributed by atoms with E-state index >= 15 is 0 Å². The maximum absolute atomic E-state index is 13.8. The van der Waals surface area contributed by atoms with Crippen molar-refractivity contribution in [1.82, 2.24) is 4.67 Å². The van der Waals surface area contributed by atoms with Crippen molar-refractivity contribution in [3.8, 4) is 17.6 Å². The number of nitrogens with zero attached hydrogens (tertiary/aromatic N) is 2. The Morgan fingerprint density at radius 3 is 1.48 bits per heavy atom. The third kappa shape index (κ3) is 18.4. The standard InChI is InChI=1S/C69H91N2O14P/c1-48(2)71(49(3)4)86(81-45-25-40-70)80-44-24-23-41-76-46-61-63(84-65(72)54-26-15-11-16-27-54)51(6)53(8)68(82-61)78-47-62-64(85-66(73)55-28-17-12-18-29-55)50(5)52(7)67(83-62)77-42-21-14-22-43-79-69(56-30-19-13-20-31-56,57-32-36-59(74-9)37-33-57)58-34-38-60(75-10)39-35-58/h11-13,15-20,26-39,48-53,61-64,67-68H,14,21-25,41-47H2,1-10H3. The average molecular weight is 1200 g/mol. The van der Waals surface area contributed by atoms with Crippen LogP contribution in [0.3, 0.4) is 0 Å². The van der Waals surface area contributed by atoms with Gasteiger partial charge in [0.2, 0.25) is 0 Å². The number of unbranched alkanes of at least 4 members (excludes halogenated alkanes) is 3. The molecule has 0 aliphatic carbocycles. The first-order valence-electron chi connectivity index (χ1n) is 30.5. The highest BCUT2D eigenvalue weighted by molar-refractivity contribution is 7.44. The predicted octanol–water partition coefficient (Wildman–Crippen LogP) is 13.8. The Balaban J connectivity index is 0.998. The highest BCUT2D eigenvalue weighted by Gasteiger charge is 2.48. The molecule has 466 valence electrons. The number of esters is 2. The Kier molecular flexibility index (Phi) is 27.3. The Bertz CT molecular complexity index is 2730. The molecule has 11 atom stereocenters. The highest BCUT2D eigenvalue weighted by atomic mass is 31.2. The summed E-state index contributed by atoms with van der Waals surface area (Å²) in [5.74, 6) is -0.194. The van der Waals surface area contributed by atoms with E-state index in [1.165, 1.54) is 0 Å². The molecule has 86 heavy (non-hydrogen) atoms. The minimum absolute atomic E-state index is 0.0180. The largest absolute Gasteiger partial charge is 0.497 e. The number of benzene rings is 5. The summed E-state index contributed by atoms with van der Waals surface area (Å²) in [6.45, 7) is 18.8. The summed E-state index contributed by atoms with van der Waals surface area (Å²) < 4.78 is 78.6. The summed E-state index contributed by atoms with van der Waals surface area (Å²) in [5.41, 5.74) is 2.90.